The van der Waals surface area contributed by atoms with Gasteiger partial charge in [0.1, 0.15) is 11.5 Å². The number of methoxy groups -OCH3 is 1. The third-order valence-corrected chi connectivity index (χ3v) is 2.56. The molecule has 2 N–H and O–H groups in total. The van der Waals surface area contributed by atoms with Crippen LogP contribution in [-0.2, 0) is 4.79 Å². The minimum absolute atomic E-state index is 0.0985. The van der Waals surface area contributed by atoms with Gasteiger partial charge in [-0.1, -0.05) is 12.1 Å². The fraction of sp³-hybridized carbons (Fsp3) is 0.333. The lowest BCUT2D eigenvalue weighted by Gasteiger charge is -2.14. The number of carbonyl (C=O) groups is 1. The van der Waals surface area contributed by atoms with E-state index in [1.165, 1.54) is 0 Å². The quantitative estimate of drug-likeness (QED) is 0.775. The number of hydrogen-bond acceptors (Lipinski definition) is 4. The van der Waals surface area contributed by atoms with Crippen LogP contribution >= 0.6 is 0 Å². The van der Waals surface area contributed by atoms with Crippen molar-refractivity contribution in [2.75, 3.05) is 19.1 Å². The first-order valence-electron chi connectivity index (χ1n) is 5.55. The predicted octanol–water partition coefficient (Wildman–Crippen LogP) is 1.37. The molecule has 17 heavy (non-hydrogen) atoms. The Morgan fingerprint density at radius 2 is 2.24 bits per heavy atom. The molecular weight excluding hydrogens is 218 g/mol. The molecule has 1 amide bonds. The molecule has 0 spiro atoms. The Kier molecular flexibility index (Phi) is 3.59. The Morgan fingerprint density at radius 3 is 3.00 bits per heavy atom. The van der Waals surface area contributed by atoms with Gasteiger partial charge in [-0.15, -0.1) is 0 Å². The summed E-state index contributed by atoms with van der Waals surface area (Å²) in [6.45, 7) is 0.729. The van der Waals surface area contributed by atoms with Gasteiger partial charge in [-0.3, -0.25) is 10.2 Å². The van der Waals surface area contributed by atoms with Crippen molar-refractivity contribution < 1.29 is 9.53 Å². The smallest absolute Gasteiger partial charge is 0.267 e. The summed E-state index contributed by atoms with van der Waals surface area (Å²) >= 11 is 0. The molecule has 0 radical (unpaired) electrons. The van der Waals surface area contributed by atoms with E-state index in [1.54, 1.807) is 7.11 Å². The van der Waals surface area contributed by atoms with E-state index in [0.717, 1.165) is 18.7 Å². The number of anilines is 1. The first-order valence-corrected chi connectivity index (χ1v) is 5.55. The molecular formula is C12H15N3O2. The second-order valence-electron chi connectivity index (χ2n) is 3.73. The number of ether oxygens (including phenoxy) is 1. The van der Waals surface area contributed by atoms with Gasteiger partial charge in [-0.2, -0.15) is 5.10 Å². The van der Waals surface area contributed by atoms with Crippen LogP contribution in [0.5, 0.6) is 5.75 Å². The molecule has 1 aliphatic rings. The van der Waals surface area contributed by atoms with Crippen LogP contribution in [0.3, 0.4) is 0 Å². The summed E-state index contributed by atoms with van der Waals surface area (Å²) in [5.74, 6) is 0.603. The lowest BCUT2D eigenvalue weighted by atomic mass is 10.1. The summed E-state index contributed by atoms with van der Waals surface area (Å²) in [5, 5.41) is 6.87. The van der Waals surface area contributed by atoms with Crippen LogP contribution in [0, 0.1) is 0 Å². The maximum absolute atomic E-state index is 11.5. The normalized spacial score (nSPS) is 17.7. The number of piperidine rings is 1. The van der Waals surface area contributed by atoms with E-state index in [4.69, 9.17) is 4.74 Å². The topological polar surface area (TPSA) is 62.7 Å². The average Bonchev–Trinajstić information content (AvgIpc) is 2.38. The van der Waals surface area contributed by atoms with E-state index >= 15 is 0 Å². The zero-order valence-electron chi connectivity index (χ0n) is 9.69. The highest BCUT2D eigenvalue weighted by Gasteiger charge is 2.15. The summed E-state index contributed by atoms with van der Waals surface area (Å²) < 4.78 is 5.18. The molecule has 0 aromatic heterocycles. The number of hydrogen-bond donors (Lipinski definition) is 2. The monoisotopic (exact) mass is 233 g/mol. The Labute approximate surface area is 99.9 Å². The Morgan fingerprint density at radius 1 is 1.41 bits per heavy atom. The average molecular weight is 233 g/mol. The Hall–Kier alpha value is -2.04. The molecule has 5 heteroatoms. The van der Waals surface area contributed by atoms with Crippen LogP contribution in [-0.4, -0.2) is 25.3 Å². The second-order valence-corrected chi connectivity index (χ2v) is 3.73. The number of para-hydroxylation sites is 2. The van der Waals surface area contributed by atoms with Gasteiger partial charge in [0.05, 0.1) is 12.8 Å². The molecule has 1 saturated heterocycles. The van der Waals surface area contributed by atoms with Gasteiger partial charge < -0.3 is 10.1 Å². The van der Waals surface area contributed by atoms with Crippen molar-refractivity contribution in [1.82, 2.24) is 5.32 Å². The molecule has 0 atom stereocenters. The number of rotatable bonds is 3. The molecule has 1 heterocycles. The van der Waals surface area contributed by atoms with Gasteiger partial charge in [0.25, 0.3) is 5.91 Å². The molecule has 5 nitrogen and oxygen atoms in total. The summed E-state index contributed by atoms with van der Waals surface area (Å²) in [5.41, 5.74) is 4.15. The van der Waals surface area contributed by atoms with E-state index in [-0.39, 0.29) is 5.91 Å². The van der Waals surface area contributed by atoms with E-state index in [2.05, 4.69) is 15.8 Å². The fourth-order valence-corrected chi connectivity index (χ4v) is 1.64. The van der Waals surface area contributed by atoms with E-state index in [0.29, 0.717) is 17.9 Å². The summed E-state index contributed by atoms with van der Waals surface area (Å²) in [7, 11) is 1.60. The first kappa shape index (κ1) is 11.4. The number of nitrogens with zero attached hydrogens (tertiary/aromatic N) is 1. The maximum atomic E-state index is 11.5. The molecule has 1 fully saturated rings. The number of benzene rings is 1. The highest BCUT2D eigenvalue weighted by atomic mass is 16.5. The minimum Gasteiger partial charge on any atom is -0.495 e. The lowest BCUT2D eigenvalue weighted by Crippen LogP contribution is -2.37. The molecule has 0 unspecified atom stereocenters. The van der Waals surface area contributed by atoms with Crippen molar-refractivity contribution >= 4 is 17.3 Å². The second kappa shape index (κ2) is 5.34. The van der Waals surface area contributed by atoms with Gasteiger partial charge in [-0.05, 0) is 25.0 Å². The van der Waals surface area contributed by atoms with Gasteiger partial charge in [0, 0.05) is 6.54 Å². The van der Waals surface area contributed by atoms with Crippen molar-refractivity contribution in [1.29, 1.82) is 0 Å². The van der Waals surface area contributed by atoms with E-state index in [9.17, 15) is 4.79 Å². The molecule has 0 aliphatic carbocycles. The Bertz CT molecular complexity index is 443. The third-order valence-electron chi connectivity index (χ3n) is 2.56. The first-order chi connectivity index (χ1) is 8.31. The van der Waals surface area contributed by atoms with Crippen molar-refractivity contribution in [3.63, 3.8) is 0 Å². The molecule has 90 valence electrons. The SMILES string of the molecule is COc1ccccc1N/N=C1/CCCNC1=O. The lowest BCUT2D eigenvalue weighted by molar-refractivity contribution is -0.115. The van der Waals surface area contributed by atoms with E-state index < -0.39 is 0 Å². The number of carbonyl (C=O) groups excluding carboxylic acids is 1. The highest BCUT2D eigenvalue weighted by Crippen LogP contribution is 2.22. The fourth-order valence-electron chi connectivity index (χ4n) is 1.64. The zero-order chi connectivity index (χ0) is 12.1. The molecule has 0 saturated carbocycles. The van der Waals surface area contributed by atoms with Crippen LogP contribution in [0.4, 0.5) is 5.69 Å². The van der Waals surface area contributed by atoms with Crippen LogP contribution in [0.15, 0.2) is 29.4 Å². The number of nitrogens with one attached hydrogen (secondary N) is 2. The zero-order valence-corrected chi connectivity index (χ0v) is 9.69. The van der Waals surface area contributed by atoms with Crippen molar-refractivity contribution in [3.8, 4) is 5.75 Å². The maximum Gasteiger partial charge on any atom is 0.267 e. The number of amides is 1. The standard InChI is InChI=1S/C12H15N3O2/c1-17-11-7-3-2-5-9(11)14-15-10-6-4-8-13-12(10)16/h2-3,5,7,14H,4,6,8H2,1H3,(H,13,16)/b15-10-. The molecule has 2 rings (SSSR count). The summed E-state index contributed by atoms with van der Waals surface area (Å²) in [4.78, 5) is 11.5. The third kappa shape index (κ3) is 2.75. The largest absolute Gasteiger partial charge is 0.495 e. The van der Waals surface area contributed by atoms with Crippen LogP contribution in [0.25, 0.3) is 0 Å². The van der Waals surface area contributed by atoms with Crippen molar-refractivity contribution in [3.05, 3.63) is 24.3 Å². The van der Waals surface area contributed by atoms with Gasteiger partial charge in [-0.25, -0.2) is 0 Å². The van der Waals surface area contributed by atoms with Crippen LogP contribution in [0.2, 0.25) is 0 Å². The van der Waals surface area contributed by atoms with E-state index in [1.807, 2.05) is 24.3 Å². The van der Waals surface area contributed by atoms with Gasteiger partial charge in [0.2, 0.25) is 0 Å². The van der Waals surface area contributed by atoms with Crippen molar-refractivity contribution in [2.45, 2.75) is 12.8 Å². The number of hydrazone groups is 1. The van der Waals surface area contributed by atoms with Gasteiger partial charge in [0.15, 0.2) is 0 Å². The Balaban J connectivity index is 2.10. The van der Waals surface area contributed by atoms with Crippen LogP contribution < -0.4 is 15.5 Å². The molecule has 0 bridgehead atoms. The minimum atomic E-state index is -0.0985. The predicted molar refractivity (Wildman–Crippen MR) is 66.3 cm³/mol. The summed E-state index contributed by atoms with van der Waals surface area (Å²) in [6, 6.07) is 7.45. The van der Waals surface area contributed by atoms with Crippen LogP contribution in [0.1, 0.15) is 12.8 Å². The molecule has 1 aliphatic heterocycles. The summed E-state index contributed by atoms with van der Waals surface area (Å²) in [6.07, 6.45) is 1.63. The molecule has 1 aromatic rings. The highest BCUT2D eigenvalue weighted by molar-refractivity contribution is 6.39. The molecule has 1 aromatic carbocycles. The van der Waals surface area contributed by atoms with Gasteiger partial charge >= 0.3 is 0 Å². The van der Waals surface area contributed by atoms with Crippen molar-refractivity contribution in [2.24, 2.45) is 5.10 Å².